The summed E-state index contributed by atoms with van der Waals surface area (Å²) in [6, 6.07) is 7.93. The number of rotatable bonds is 0. The molecule has 0 radical (unpaired) electrons. The number of fused-ring (bicyclic) bond motifs is 1. The van der Waals surface area contributed by atoms with Gasteiger partial charge in [-0.25, -0.2) is 5.43 Å². The Bertz CT molecular complexity index is 555. The summed E-state index contributed by atoms with van der Waals surface area (Å²) in [6.07, 6.45) is 5.39. The molecule has 1 amide bonds. The third-order valence-electron chi connectivity index (χ3n) is 2.55. The van der Waals surface area contributed by atoms with Crippen molar-refractivity contribution in [2.75, 3.05) is 5.32 Å². The van der Waals surface area contributed by atoms with Crippen LogP contribution in [0.25, 0.3) is 6.08 Å². The van der Waals surface area contributed by atoms with Crippen LogP contribution >= 0.6 is 0 Å². The van der Waals surface area contributed by atoms with Crippen molar-refractivity contribution in [3.05, 3.63) is 47.2 Å². The van der Waals surface area contributed by atoms with Crippen LogP contribution in [0.2, 0.25) is 0 Å². The molecule has 0 bridgehead atoms. The lowest BCUT2D eigenvalue weighted by molar-refractivity contribution is -0.116. The molecule has 0 aliphatic carbocycles. The Morgan fingerprint density at radius 3 is 2.81 bits per heavy atom. The molecule has 1 aromatic rings. The minimum atomic E-state index is -0.175. The van der Waals surface area contributed by atoms with Crippen molar-refractivity contribution in [2.45, 2.75) is 0 Å². The van der Waals surface area contributed by atoms with Crippen molar-refractivity contribution < 1.29 is 4.79 Å². The predicted molar refractivity (Wildman–Crippen MR) is 62.8 cm³/mol. The third kappa shape index (κ3) is 1.32. The summed E-state index contributed by atoms with van der Waals surface area (Å²) in [5.74, 6) is -0.175. The van der Waals surface area contributed by atoms with E-state index in [1.165, 1.54) is 6.21 Å². The van der Waals surface area contributed by atoms with E-state index in [-0.39, 0.29) is 5.91 Å². The highest BCUT2D eigenvalue weighted by atomic mass is 16.2. The molecule has 2 aliphatic rings. The van der Waals surface area contributed by atoms with Crippen molar-refractivity contribution in [1.82, 2.24) is 5.43 Å². The smallest absolute Gasteiger partial charge is 0.275 e. The van der Waals surface area contributed by atoms with E-state index >= 15 is 0 Å². The molecule has 0 atom stereocenters. The van der Waals surface area contributed by atoms with E-state index in [4.69, 9.17) is 0 Å². The number of hydrogen-bond acceptors (Lipinski definition) is 3. The molecule has 0 unspecified atom stereocenters. The number of benzene rings is 1. The highest BCUT2D eigenvalue weighted by Crippen LogP contribution is 2.25. The molecule has 2 heterocycles. The Labute approximate surface area is 92.4 Å². The number of anilines is 1. The Hall–Kier alpha value is -2.36. The van der Waals surface area contributed by atoms with Gasteiger partial charge in [-0.1, -0.05) is 24.3 Å². The summed E-state index contributed by atoms with van der Waals surface area (Å²) in [5.41, 5.74) is 5.84. The van der Waals surface area contributed by atoms with Crippen LogP contribution in [0.15, 0.2) is 46.7 Å². The van der Waals surface area contributed by atoms with Gasteiger partial charge in [0.1, 0.15) is 0 Å². The maximum Gasteiger partial charge on any atom is 0.275 e. The Morgan fingerprint density at radius 2 is 2.00 bits per heavy atom. The van der Waals surface area contributed by atoms with Crippen molar-refractivity contribution in [3.63, 3.8) is 0 Å². The third-order valence-corrected chi connectivity index (χ3v) is 2.55. The van der Waals surface area contributed by atoms with Crippen LogP contribution in [0.4, 0.5) is 5.69 Å². The summed E-state index contributed by atoms with van der Waals surface area (Å²) in [7, 11) is 0. The van der Waals surface area contributed by atoms with Crippen LogP contribution in [-0.4, -0.2) is 12.1 Å². The van der Waals surface area contributed by atoms with E-state index in [0.717, 1.165) is 16.9 Å². The molecular formula is C12H9N3O. The topological polar surface area (TPSA) is 53.5 Å². The highest BCUT2D eigenvalue weighted by Gasteiger charge is 2.18. The number of nitrogens with zero attached hydrogens (tertiary/aromatic N) is 1. The first-order valence-electron chi connectivity index (χ1n) is 4.96. The SMILES string of the molecule is O=C1NN=CC1=C1C=Cc2ccccc2N1. The summed E-state index contributed by atoms with van der Waals surface area (Å²) in [5, 5.41) is 6.93. The van der Waals surface area contributed by atoms with Crippen LogP contribution < -0.4 is 10.7 Å². The number of carbonyl (C=O) groups excluding carboxylic acids is 1. The molecule has 0 saturated carbocycles. The van der Waals surface area contributed by atoms with Gasteiger partial charge < -0.3 is 5.32 Å². The lowest BCUT2D eigenvalue weighted by Crippen LogP contribution is -2.16. The molecule has 3 rings (SSSR count). The zero-order valence-corrected chi connectivity index (χ0v) is 8.40. The molecule has 4 heteroatoms. The Kier molecular flexibility index (Phi) is 1.86. The van der Waals surface area contributed by atoms with Crippen LogP contribution in [0.1, 0.15) is 5.56 Å². The maximum atomic E-state index is 11.4. The maximum absolute atomic E-state index is 11.4. The number of hydrazone groups is 1. The average molecular weight is 211 g/mol. The van der Waals surface area contributed by atoms with E-state index in [1.807, 2.05) is 36.4 Å². The molecule has 78 valence electrons. The highest BCUT2D eigenvalue weighted by molar-refractivity contribution is 6.17. The van der Waals surface area contributed by atoms with Gasteiger partial charge in [-0.15, -0.1) is 0 Å². The molecule has 16 heavy (non-hydrogen) atoms. The molecule has 2 aliphatic heterocycles. The monoisotopic (exact) mass is 211 g/mol. The lowest BCUT2D eigenvalue weighted by Gasteiger charge is -2.16. The molecule has 2 N–H and O–H groups in total. The number of hydrogen-bond donors (Lipinski definition) is 2. The van der Waals surface area contributed by atoms with Crippen molar-refractivity contribution in [1.29, 1.82) is 0 Å². The summed E-state index contributed by atoms with van der Waals surface area (Å²) < 4.78 is 0. The minimum absolute atomic E-state index is 0.175. The fourth-order valence-electron chi connectivity index (χ4n) is 1.74. The van der Waals surface area contributed by atoms with Crippen LogP contribution in [0.5, 0.6) is 0 Å². The van der Waals surface area contributed by atoms with Gasteiger partial charge in [0, 0.05) is 5.69 Å². The molecular weight excluding hydrogens is 202 g/mol. The van der Waals surface area contributed by atoms with Gasteiger partial charge in [-0.3, -0.25) is 4.79 Å². The summed E-state index contributed by atoms with van der Waals surface area (Å²) >= 11 is 0. The number of allylic oxidation sites excluding steroid dienone is 1. The molecule has 0 saturated heterocycles. The summed E-state index contributed by atoms with van der Waals surface area (Å²) in [4.78, 5) is 11.4. The minimum Gasteiger partial charge on any atom is -0.354 e. The van der Waals surface area contributed by atoms with Crippen LogP contribution in [-0.2, 0) is 4.79 Å². The fraction of sp³-hybridized carbons (Fsp3) is 0. The van der Waals surface area contributed by atoms with Crippen LogP contribution in [0.3, 0.4) is 0 Å². The largest absolute Gasteiger partial charge is 0.354 e. The number of carbonyl (C=O) groups is 1. The van der Waals surface area contributed by atoms with Gasteiger partial charge in [0.2, 0.25) is 0 Å². The second kappa shape index (κ2) is 3.34. The van der Waals surface area contributed by atoms with Gasteiger partial charge in [0.05, 0.1) is 17.5 Å². The van der Waals surface area contributed by atoms with Gasteiger partial charge in [-0.05, 0) is 17.7 Å². The molecule has 4 nitrogen and oxygen atoms in total. The van der Waals surface area contributed by atoms with Crippen molar-refractivity contribution >= 4 is 23.9 Å². The van der Waals surface area contributed by atoms with Gasteiger partial charge >= 0.3 is 0 Å². The molecule has 0 aromatic heterocycles. The standard InChI is InChI=1S/C12H9N3O/c16-12-9(7-13-15-12)11-6-5-8-3-1-2-4-10(8)14-11/h1-7,14H,(H,15,16). The predicted octanol–water partition coefficient (Wildman–Crippen LogP) is 1.49. The lowest BCUT2D eigenvalue weighted by atomic mass is 10.1. The number of amides is 1. The molecule has 0 spiro atoms. The fourth-order valence-corrected chi connectivity index (χ4v) is 1.74. The Morgan fingerprint density at radius 1 is 1.12 bits per heavy atom. The van der Waals surface area contributed by atoms with Gasteiger partial charge in [0.15, 0.2) is 0 Å². The van der Waals surface area contributed by atoms with E-state index in [0.29, 0.717) is 5.57 Å². The zero-order valence-electron chi connectivity index (χ0n) is 8.40. The van der Waals surface area contributed by atoms with E-state index < -0.39 is 0 Å². The van der Waals surface area contributed by atoms with Gasteiger partial charge in [-0.2, -0.15) is 5.10 Å². The van der Waals surface area contributed by atoms with Gasteiger partial charge in [0.25, 0.3) is 5.91 Å². The molecule has 0 fully saturated rings. The quantitative estimate of drug-likeness (QED) is 0.639. The first-order valence-corrected chi connectivity index (χ1v) is 4.96. The normalized spacial score (nSPS) is 21.6. The number of nitrogens with one attached hydrogen (secondary N) is 2. The van der Waals surface area contributed by atoms with Crippen LogP contribution in [0, 0.1) is 0 Å². The van der Waals surface area contributed by atoms with Crippen molar-refractivity contribution in [2.24, 2.45) is 5.10 Å². The van der Waals surface area contributed by atoms with E-state index in [2.05, 4.69) is 15.8 Å². The Balaban J connectivity index is 2.06. The number of para-hydroxylation sites is 1. The van der Waals surface area contributed by atoms with E-state index in [1.54, 1.807) is 0 Å². The zero-order chi connectivity index (χ0) is 11.0. The van der Waals surface area contributed by atoms with Crippen molar-refractivity contribution in [3.8, 4) is 0 Å². The summed E-state index contributed by atoms with van der Waals surface area (Å²) in [6.45, 7) is 0. The second-order valence-corrected chi connectivity index (χ2v) is 3.57. The molecule has 1 aromatic carbocycles. The second-order valence-electron chi connectivity index (χ2n) is 3.57. The average Bonchev–Trinajstić information content (AvgIpc) is 2.75. The van der Waals surface area contributed by atoms with E-state index in [9.17, 15) is 4.79 Å². The first-order chi connectivity index (χ1) is 7.84. The first kappa shape index (κ1) is 8.91.